The highest BCUT2D eigenvalue weighted by molar-refractivity contribution is 14.0. The van der Waals surface area contributed by atoms with E-state index in [4.69, 9.17) is 0 Å². The third-order valence-electron chi connectivity index (χ3n) is 3.59. The molecule has 0 saturated heterocycles. The van der Waals surface area contributed by atoms with Gasteiger partial charge in [-0.1, -0.05) is 29.8 Å². The summed E-state index contributed by atoms with van der Waals surface area (Å²) in [6.07, 6.45) is -0.580. The van der Waals surface area contributed by atoms with E-state index in [0.717, 1.165) is 22.9 Å². The Hall–Kier alpha value is -1.39. The number of anilines is 1. The minimum atomic E-state index is -0.580. The zero-order valence-corrected chi connectivity index (χ0v) is 18.8. The number of hydrogen-bond acceptors (Lipinski definition) is 5. The SMILES string of the molecule is CCNC(=NCc1csc(N(C)C)n1)NCC(O)c1ccc(C)cc1.I. The van der Waals surface area contributed by atoms with E-state index in [2.05, 4.69) is 20.6 Å². The lowest BCUT2D eigenvalue weighted by atomic mass is 10.1. The molecule has 0 radical (unpaired) electrons. The highest BCUT2D eigenvalue weighted by Gasteiger charge is 2.09. The van der Waals surface area contributed by atoms with Gasteiger partial charge in [0.15, 0.2) is 11.1 Å². The molecule has 0 spiro atoms. The number of aromatic nitrogens is 1. The normalized spacial score (nSPS) is 12.3. The van der Waals surface area contributed by atoms with Crippen LogP contribution >= 0.6 is 35.3 Å². The van der Waals surface area contributed by atoms with Crippen LogP contribution in [0.25, 0.3) is 0 Å². The molecule has 0 bridgehead atoms. The molecule has 1 aromatic heterocycles. The smallest absolute Gasteiger partial charge is 0.191 e. The molecule has 0 aliphatic heterocycles. The molecule has 1 aromatic carbocycles. The van der Waals surface area contributed by atoms with E-state index in [1.54, 1.807) is 11.3 Å². The number of guanidine groups is 1. The largest absolute Gasteiger partial charge is 0.387 e. The molecule has 144 valence electrons. The van der Waals surface area contributed by atoms with Crippen LogP contribution in [0, 0.1) is 6.92 Å². The summed E-state index contributed by atoms with van der Waals surface area (Å²) in [5.74, 6) is 0.674. The van der Waals surface area contributed by atoms with E-state index in [9.17, 15) is 5.11 Å². The summed E-state index contributed by atoms with van der Waals surface area (Å²) in [7, 11) is 3.95. The van der Waals surface area contributed by atoms with Gasteiger partial charge in [-0.05, 0) is 19.4 Å². The predicted molar refractivity (Wildman–Crippen MR) is 121 cm³/mol. The second kappa shape index (κ2) is 11.3. The van der Waals surface area contributed by atoms with Crippen LogP contribution in [0.4, 0.5) is 5.13 Å². The fourth-order valence-corrected chi connectivity index (χ4v) is 2.93. The van der Waals surface area contributed by atoms with Gasteiger partial charge in [-0.2, -0.15) is 0 Å². The van der Waals surface area contributed by atoms with Crippen molar-refractivity contribution in [1.29, 1.82) is 0 Å². The first-order chi connectivity index (χ1) is 12.0. The van der Waals surface area contributed by atoms with Crippen molar-refractivity contribution in [2.45, 2.75) is 26.5 Å². The molecule has 8 heteroatoms. The van der Waals surface area contributed by atoms with Crippen LogP contribution in [0.3, 0.4) is 0 Å². The van der Waals surface area contributed by atoms with Gasteiger partial charge in [0.1, 0.15) is 0 Å². The van der Waals surface area contributed by atoms with E-state index >= 15 is 0 Å². The second-order valence-electron chi connectivity index (χ2n) is 6.02. The van der Waals surface area contributed by atoms with Gasteiger partial charge in [0.05, 0.1) is 18.3 Å². The lowest BCUT2D eigenvalue weighted by Crippen LogP contribution is -2.39. The van der Waals surface area contributed by atoms with Crippen LogP contribution in [0.5, 0.6) is 0 Å². The van der Waals surface area contributed by atoms with E-state index < -0.39 is 6.10 Å². The molecular formula is C18H28IN5OS. The number of thiazole rings is 1. The van der Waals surface area contributed by atoms with Gasteiger partial charge in [0.2, 0.25) is 0 Å². The maximum Gasteiger partial charge on any atom is 0.191 e. The van der Waals surface area contributed by atoms with Crippen molar-refractivity contribution in [3.63, 3.8) is 0 Å². The van der Waals surface area contributed by atoms with E-state index in [-0.39, 0.29) is 24.0 Å². The Morgan fingerprint density at radius 2 is 1.96 bits per heavy atom. The Kier molecular flexibility index (Phi) is 9.89. The Morgan fingerprint density at radius 3 is 2.54 bits per heavy atom. The highest BCUT2D eigenvalue weighted by Crippen LogP contribution is 2.18. The molecule has 0 aliphatic carbocycles. The van der Waals surface area contributed by atoms with Crippen molar-refractivity contribution < 1.29 is 5.11 Å². The number of hydrogen-bond donors (Lipinski definition) is 3. The Labute approximate surface area is 176 Å². The van der Waals surface area contributed by atoms with Crippen molar-refractivity contribution in [2.24, 2.45) is 4.99 Å². The van der Waals surface area contributed by atoms with Crippen LogP contribution in [0.2, 0.25) is 0 Å². The van der Waals surface area contributed by atoms with Crippen molar-refractivity contribution in [2.75, 3.05) is 32.1 Å². The van der Waals surface area contributed by atoms with Gasteiger partial charge in [0, 0.05) is 32.6 Å². The Balaban J connectivity index is 0.00000338. The summed E-state index contributed by atoms with van der Waals surface area (Å²) in [6, 6.07) is 7.90. The first-order valence-corrected chi connectivity index (χ1v) is 9.26. The second-order valence-corrected chi connectivity index (χ2v) is 6.85. The lowest BCUT2D eigenvalue weighted by molar-refractivity contribution is 0.181. The minimum absolute atomic E-state index is 0. The number of aliphatic hydroxyl groups excluding tert-OH is 1. The number of nitrogens with one attached hydrogen (secondary N) is 2. The molecule has 6 nitrogen and oxygen atoms in total. The molecule has 1 heterocycles. The molecule has 1 unspecified atom stereocenters. The highest BCUT2D eigenvalue weighted by atomic mass is 127. The summed E-state index contributed by atoms with van der Waals surface area (Å²) in [5.41, 5.74) is 3.01. The molecule has 1 atom stereocenters. The molecule has 2 aromatic rings. The maximum atomic E-state index is 10.3. The first kappa shape index (κ1) is 22.7. The number of halogens is 1. The zero-order chi connectivity index (χ0) is 18.2. The van der Waals surface area contributed by atoms with Crippen molar-refractivity contribution >= 4 is 46.4 Å². The average Bonchev–Trinajstić information content (AvgIpc) is 3.07. The number of aliphatic hydroxyl groups is 1. The molecule has 3 N–H and O–H groups in total. The third kappa shape index (κ3) is 7.08. The van der Waals surface area contributed by atoms with Crippen LogP contribution in [0.1, 0.15) is 29.8 Å². The summed E-state index contributed by atoms with van der Waals surface area (Å²) < 4.78 is 0. The lowest BCUT2D eigenvalue weighted by Gasteiger charge is -2.15. The van der Waals surface area contributed by atoms with Gasteiger partial charge in [-0.25, -0.2) is 9.98 Å². The summed E-state index contributed by atoms with van der Waals surface area (Å²) in [6.45, 7) is 5.70. The monoisotopic (exact) mass is 489 g/mol. The Bertz CT molecular complexity index is 687. The molecule has 0 fully saturated rings. The number of aliphatic imine (C=N–C) groups is 1. The number of aryl methyl sites for hydroxylation is 1. The molecule has 0 aliphatic rings. The van der Waals surface area contributed by atoms with Gasteiger partial charge < -0.3 is 20.6 Å². The maximum absolute atomic E-state index is 10.3. The quantitative estimate of drug-likeness (QED) is 0.317. The summed E-state index contributed by atoms with van der Waals surface area (Å²) >= 11 is 1.60. The fraction of sp³-hybridized carbons (Fsp3) is 0.444. The molecule has 2 rings (SSSR count). The van der Waals surface area contributed by atoms with Crippen molar-refractivity contribution in [3.05, 3.63) is 46.5 Å². The Morgan fingerprint density at radius 1 is 1.27 bits per heavy atom. The van der Waals surface area contributed by atoms with Gasteiger partial charge in [-0.15, -0.1) is 35.3 Å². The van der Waals surface area contributed by atoms with Crippen LogP contribution in [0.15, 0.2) is 34.6 Å². The van der Waals surface area contributed by atoms with Crippen LogP contribution in [-0.4, -0.2) is 43.2 Å². The molecular weight excluding hydrogens is 461 g/mol. The summed E-state index contributed by atoms with van der Waals surface area (Å²) in [5, 5.41) is 19.7. The predicted octanol–water partition coefficient (Wildman–Crippen LogP) is 2.92. The van der Waals surface area contributed by atoms with E-state index in [1.165, 1.54) is 5.56 Å². The van der Waals surface area contributed by atoms with E-state index in [1.807, 2.05) is 62.5 Å². The average molecular weight is 489 g/mol. The zero-order valence-electron chi connectivity index (χ0n) is 15.7. The van der Waals surface area contributed by atoms with E-state index in [0.29, 0.717) is 19.0 Å². The van der Waals surface area contributed by atoms with Gasteiger partial charge in [0.25, 0.3) is 0 Å². The van der Waals surface area contributed by atoms with Gasteiger partial charge >= 0.3 is 0 Å². The molecule has 0 saturated carbocycles. The molecule has 26 heavy (non-hydrogen) atoms. The summed E-state index contributed by atoms with van der Waals surface area (Å²) in [4.78, 5) is 11.1. The third-order valence-corrected chi connectivity index (χ3v) is 4.65. The number of nitrogens with zero attached hydrogens (tertiary/aromatic N) is 3. The first-order valence-electron chi connectivity index (χ1n) is 8.38. The minimum Gasteiger partial charge on any atom is -0.387 e. The van der Waals surface area contributed by atoms with Crippen molar-refractivity contribution in [1.82, 2.24) is 15.6 Å². The van der Waals surface area contributed by atoms with Gasteiger partial charge in [-0.3, -0.25) is 0 Å². The number of benzene rings is 1. The standard InChI is InChI=1S/C18H27N5OS.HI/c1-5-19-17(20-10-15-12-25-18(22-15)23(3)4)21-11-16(24)14-8-6-13(2)7-9-14;/h6-9,12,16,24H,5,10-11H2,1-4H3,(H2,19,20,21);1H. The van der Waals surface area contributed by atoms with Crippen LogP contribution in [-0.2, 0) is 6.54 Å². The van der Waals surface area contributed by atoms with Crippen LogP contribution < -0.4 is 15.5 Å². The molecule has 0 amide bonds. The van der Waals surface area contributed by atoms with Crippen molar-refractivity contribution in [3.8, 4) is 0 Å². The number of rotatable bonds is 7. The fourth-order valence-electron chi connectivity index (χ4n) is 2.18. The topological polar surface area (TPSA) is 72.8 Å².